The maximum Gasteiger partial charge on any atom is 0.235 e. The predicted octanol–water partition coefficient (Wildman–Crippen LogP) is 5.39. The Hall–Kier alpha value is -2.31. The smallest absolute Gasteiger partial charge is 0.235 e. The summed E-state index contributed by atoms with van der Waals surface area (Å²) < 4.78 is 12.5. The fourth-order valence-electron chi connectivity index (χ4n) is 6.20. The van der Waals surface area contributed by atoms with E-state index in [4.69, 9.17) is 9.47 Å². The van der Waals surface area contributed by atoms with Crippen LogP contribution in [0.1, 0.15) is 84.0 Å². The van der Waals surface area contributed by atoms with Gasteiger partial charge in [-0.3, -0.25) is 14.4 Å². The first-order valence-electron chi connectivity index (χ1n) is 13.8. The van der Waals surface area contributed by atoms with Crippen LogP contribution in [0.5, 0.6) is 0 Å². The molecule has 196 valence electrons. The van der Waals surface area contributed by atoms with Crippen LogP contribution in [-0.4, -0.2) is 53.0 Å². The molecule has 0 bridgehead atoms. The third-order valence-corrected chi connectivity index (χ3v) is 8.28. The van der Waals surface area contributed by atoms with Gasteiger partial charge in [-0.05, 0) is 49.3 Å². The number of unbranched alkanes of at least 4 members (excludes halogenated alkanes) is 9. The first-order valence-corrected chi connectivity index (χ1v) is 13.8. The van der Waals surface area contributed by atoms with Gasteiger partial charge >= 0.3 is 0 Å². The van der Waals surface area contributed by atoms with Crippen LogP contribution in [0.4, 0.5) is 0 Å². The molecule has 2 aliphatic carbocycles. The van der Waals surface area contributed by atoms with Gasteiger partial charge in [-0.25, -0.2) is 0 Å². The summed E-state index contributed by atoms with van der Waals surface area (Å²) in [4.78, 5) is 39.1. The third kappa shape index (κ3) is 5.21. The summed E-state index contributed by atoms with van der Waals surface area (Å²) in [5.41, 5.74) is -1.48. The van der Waals surface area contributed by atoms with Gasteiger partial charge in [0.15, 0.2) is 17.4 Å². The summed E-state index contributed by atoms with van der Waals surface area (Å²) in [5, 5.41) is 0. The minimum absolute atomic E-state index is 0.00619. The topological polar surface area (TPSA) is 72.9 Å². The number of carbonyl (C=O) groups is 3. The minimum Gasteiger partial charge on any atom is -0.352 e. The second kappa shape index (κ2) is 11.4. The number of β-lactam (4-membered cyclic amide) rings is 1. The van der Waals surface area contributed by atoms with E-state index in [2.05, 4.69) is 6.92 Å². The molecule has 0 N–H and O–H groups in total. The number of hydrogen-bond donors (Lipinski definition) is 0. The van der Waals surface area contributed by atoms with Crippen molar-refractivity contribution in [3.63, 3.8) is 0 Å². The van der Waals surface area contributed by atoms with E-state index in [0.717, 1.165) is 12.8 Å². The lowest BCUT2D eigenvalue weighted by Crippen LogP contribution is -2.76. The molecule has 2 spiro atoms. The quantitative estimate of drug-likeness (QED) is 0.253. The molecule has 36 heavy (non-hydrogen) atoms. The van der Waals surface area contributed by atoms with Crippen molar-refractivity contribution in [3.05, 3.63) is 48.6 Å². The average molecular weight is 496 g/mol. The number of ether oxygens (including phenoxy) is 2. The highest BCUT2D eigenvalue weighted by molar-refractivity contribution is 6.03. The van der Waals surface area contributed by atoms with Gasteiger partial charge in [-0.15, -0.1) is 0 Å². The molecule has 2 saturated heterocycles. The van der Waals surface area contributed by atoms with Crippen molar-refractivity contribution >= 4 is 17.5 Å². The Labute approximate surface area is 215 Å². The Morgan fingerprint density at radius 1 is 0.806 bits per heavy atom. The maximum atomic E-state index is 13.6. The van der Waals surface area contributed by atoms with E-state index < -0.39 is 22.8 Å². The number of allylic oxidation sites excluding steroid dienone is 4. The average Bonchev–Trinajstić information content (AvgIpc) is 3.24. The molecule has 0 aromatic rings. The van der Waals surface area contributed by atoms with Crippen LogP contribution in [0.2, 0.25) is 0 Å². The molecule has 4 rings (SSSR count). The van der Waals surface area contributed by atoms with Crippen LogP contribution in [-0.2, 0) is 23.9 Å². The molecule has 1 amide bonds. The van der Waals surface area contributed by atoms with Gasteiger partial charge in [-0.1, -0.05) is 76.9 Å². The Balaban J connectivity index is 1.38. The lowest BCUT2D eigenvalue weighted by molar-refractivity contribution is -0.278. The van der Waals surface area contributed by atoms with Crippen molar-refractivity contribution in [2.75, 3.05) is 13.7 Å². The van der Waals surface area contributed by atoms with E-state index in [1.165, 1.54) is 63.5 Å². The number of carbonyl (C=O) groups excluding carboxylic acids is 3. The summed E-state index contributed by atoms with van der Waals surface area (Å²) in [6, 6.07) is 0. The van der Waals surface area contributed by atoms with Gasteiger partial charge in [0, 0.05) is 20.1 Å². The van der Waals surface area contributed by atoms with Gasteiger partial charge in [0.05, 0.1) is 5.54 Å². The van der Waals surface area contributed by atoms with Crippen molar-refractivity contribution in [1.82, 2.24) is 4.90 Å². The molecular formula is C30H41NO5. The van der Waals surface area contributed by atoms with Gasteiger partial charge in [0.1, 0.15) is 11.5 Å². The lowest BCUT2D eigenvalue weighted by atomic mass is 9.66. The first kappa shape index (κ1) is 26.7. The summed E-state index contributed by atoms with van der Waals surface area (Å²) >= 11 is 0. The number of amides is 1. The first-order chi connectivity index (χ1) is 17.4. The van der Waals surface area contributed by atoms with Gasteiger partial charge in [-0.2, -0.15) is 0 Å². The zero-order valence-electron chi connectivity index (χ0n) is 21.9. The SMILES string of the molecule is CCCCCCCCCCCCN1C(=O)C(C2(OC)CCC3(C=CC(=O)C=C3)O2)C12C=CC(=O)C=C2. The summed E-state index contributed by atoms with van der Waals surface area (Å²) in [6.45, 7) is 2.89. The Kier molecular flexibility index (Phi) is 8.46. The van der Waals surface area contributed by atoms with E-state index in [0.29, 0.717) is 19.4 Å². The fraction of sp³-hybridized carbons (Fsp3) is 0.633. The number of ketones is 2. The molecule has 2 fully saturated rings. The number of hydrogen-bond acceptors (Lipinski definition) is 5. The molecule has 4 aliphatic rings. The van der Waals surface area contributed by atoms with Crippen molar-refractivity contribution in [1.29, 1.82) is 0 Å². The Morgan fingerprint density at radius 3 is 1.89 bits per heavy atom. The zero-order chi connectivity index (χ0) is 25.7. The highest BCUT2D eigenvalue weighted by Crippen LogP contribution is 2.55. The molecule has 2 unspecified atom stereocenters. The number of nitrogens with zero attached hydrogens (tertiary/aromatic N) is 1. The zero-order valence-corrected chi connectivity index (χ0v) is 21.9. The molecule has 0 radical (unpaired) electrons. The molecule has 2 atom stereocenters. The molecule has 0 saturated carbocycles. The summed E-state index contributed by atoms with van der Waals surface area (Å²) in [7, 11) is 1.58. The van der Waals surface area contributed by atoms with Crippen molar-refractivity contribution in [2.45, 2.75) is 101 Å². The predicted molar refractivity (Wildman–Crippen MR) is 139 cm³/mol. The van der Waals surface area contributed by atoms with Crippen LogP contribution in [0, 0.1) is 5.92 Å². The second-order valence-corrected chi connectivity index (χ2v) is 10.7. The van der Waals surface area contributed by atoms with Crippen LogP contribution >= 0.6 is 0 Å². The lowest BCUT2D eigenvalue weighted by Gasteiger charge is -2.60. The van der Waals surface area contributed by atoms with Crippen LogP contribution in [0.3, 0.4) is 0 Å². The van der Waals surface area contributed by atoms with E-state index in [1.807, 2.05) is 17.1 Å². The highest BCUT2D eigenvalue weighted by atomic mass is 16.7. The molecule has 6 heteroatoms. The van der Waals surface area contributed by atoms with Gasteiger partial charge in [0.25, 0.3) is 0 Å². The summed E-state index contributed by atoms with van der Waals surface area (Å²) in [6.07, 6.45) is 26.9. The Morgan fingerprint density at radius 2 is 1.33 bits per heavy atom. The van der Waals surface area contributed by atoms with Gasteiger partial charge in [0.2, 0.25) is 5.91 Å². The van der Waals surface area contributed by atoms with Crippen molar-refractivity contribution in [3.8, 4) is 0 Å². The highest BCUT2D eigenvalue weighted by Gasteiger charge is 2.69. The number of rotatable bonds is 13. The molecule has 0 aromatic heterocycles. The standard InChI is InChI=1S/C30H41NO5/c1-3-4-5-6-7-8-9-10-11-12-23-31-27(34)26(29(31)19-15-25(33)16-20-29)30(35-2)22-21-28(36-30)17-13-24(32)14-18-28/h13-20,26H,3-12,21-23H2,1-2H3. The fourth-order valence-corrected chi connectivity index (χ4v) is 6.20. The Bertz CT molecular complexity index is 928. The van der Waals surface area contributed by atoms with E-state index in [1.54, 1.807) is 31.4 Å². The number of likely N-dealkylation sites (tertiary alicyclic amines) is 1. The molecule has 2 heterocycles. The van der Waals surface area contributed by atoms with E-state index in [9.17, 15) is 14.4 Å². The molecule has 0 aromatic carbocycles. The third-order valence-electron chi connectivity index (χ3n) is 8.28. The molecule has 6 nitrogen and oxygen atoms in total. The summed E-state index contributed by atoms with van der Waals surface area (Å²) in [5.74, 6) is -1.87. The van der Waals surface area contributed by atoms with Crippen LogP contribution in [0.15, 0.2) is 48.6 Å². The maximum absolute atomic E-state index is 13.6. The molecule has 2 aliphatic heterocycles. The van der Waals surface area contributed by atoms with E-state index in [-0.39, 0.29) is 17.5 Å². The largest absolute Gasteiger partial charge is 0.352 e. The van der Waals surface area contributed by atoms with Crippen molar-refractivity contribution < 1.29 is 23.9 Å². The van der Waals surface area contributed by atoms with Gasteiger partial charge < -0.3 is 14.4 Å². The number of methoxy groups -OCH3 is 1. The monoisotopic (exact) mass is 495 g/mol. The minimum atomic E-state index is -1.13. The molecular weight excluding hydrogens is 454 g/mol. The van der Waals surface area contributed by atoms with Crippen LogP contribution < -0.4 is 0 Å². The van der Waals surface area contributed by atoms with Crippen molar-refractivity contribution in [2.24, 2.45) is 5.92 Å². The van der Waals surface area contributed by atoms with Crippen LogP contribution in [0.25, 0.3) is 0 Å². The van der Waals surface area contributed by atoms with E-state index >= 15 is 0 Å². The normalized spacial score (nSPS) is 27.6. The second-order valence-electron chi connectivity index (χ2n) is 10.7.